The molecule has 0 radical (unpaired) electrons. The first-order valence-corrected chi connectivity index (χ1v) is 9.70. The summed E-state index contributed by atoms with van der Waals surface area (Å²) in [4.78, 5) is 23.9. The van der Waals surface area contributed by atoms with Crippen molar-refractivity contribution in [3.05, 3.63) is 60.6 Å². The van der Waals surface area contributed by atoms with Gasteiger partial charge in [0.2, 0.25) is 0 Å². The fourth-order valence-corrected chi connectivity index (χ4v) is 3.42. The zero-order valence-corrected chi connectivity index (χ0v) is 15.8. The van der Waals surface area contributed by atoms with E-state index in [9.17, 15) is 4.79 Å². The normalized spacial score (nSPS) is 14.9. The van der Waals surface area contributed by atoms with Crippen LogP contribution in [0.4, 0.5) is 0 Å². The van der Waals surface area contributed by atoms with Crippen molar-refractivity contribution in [1.29, 1.82) is 0 Å². The van der Waals surface area contributed by atoms with Gasteiger partial charge in [0.05, 0.1) is 18.7 Å². The third-order valence-electron chi connectivity index (χ3n) is 4.96. The second kappa shape index (κ2) is 8.91. The molecule has 6 nitrogen and oxygen atoms in total. The zero-order valence-electron chi connectivity index (χ0n) is 15.8. The molecule has 1 aliphatic rings. The number of morpholine rings is 1. The summed E-state index contributed by atoms with van der Waals surface area (Å²) in [5, 5.41) is 3.91. The molecular formula is C22H24N4O2. The summed E-state index contributed by atoms with van der Waals surface area (Å²) in [6.45, 7) is 5.14. The van der Waals surface area contributed by atoms with Crippen LogP contribution in [0, 0.1) is 0 Å². The Hall–Kier alpha value is -2.83. The quantitative estimate of drug-likeness (QED) is 0.670. The highest BCUT2D eigenvalue weighted by Crippen LogP contribution is 2.26. The van der Waals surface area contributed by atoms with Crippen molar-refractivity contribution < 1.29 is 9.53 Å². The second-order valence-corrected chi connectivity index (χ2v) is 6.88. The number of rotatable bonds is 6. The predicted molar refractivity (Wildman–Crippen MR) is 109 cm³/mol. The number of nitrogens with one attached hydrogen (secondary N) is 1. The Labute approximate surface area is 164 Å². The molecule has 2 aromatic heterocycles. The second-order valence-electron chi connectivity index (χ2n) is 6.88. The van der Waals surface area contributed by atoms with Crippen molar-refractivity contribution >= 4 is 16.8 Å². The van der Waals surface area contributed by atoms with Crippen molar-refractivity contribution in [2.75, 3.05) is 39.4 Å². The van der Waals surface area contributed by atoms with E-state index in [0.717, 1.165) is 61.3 Å². The molecule has 144 valence electrons. The van der Waals surface area contributed by atoms with Gasteiger partial charge in [-0.3, -0.25) is 14.7 Å². The summed E-state index contributed by atoms with van der Waals surface area (Å²) in [5.74, 6) is -0.139. The molecule has 0 saturated carbocycles. The molecule has 0 unspecified atom stereocenters. The van der Waals surface area contributed by atoms with Gasteiger partial charge in [0.1, 0.15) is 5.69 Å². The molecule has 1 aromatic carbocycles. The predicted octanol–water partition coefficient (Wildman–Crippen LogP) is 2.75. The Morgan fingerprint density at radius 1 is 1.07 bits per heavy atom. The third-order valence-corrected chi connectivity index (χ3v) is 4.96. The van der Waals surface area contributed by atoms with Gasteiger partial charge in [-0.2, -0.15) is 0 Å². The lowest BCUT2D eigenvalue weighted by Crippen LogP contribution is -2.38. The van der Waals surface area contributed by atoms with E-state index >= 15 is 0 Å². The average Bonchev–Trinajstić information content (AvgIpc) is 2.77. The topological polar surface area (TPSA) is 67.4 Å². The third kappa shape index (κ3) is 4.35. The molecule has 0 aliphatic carbocycles. The lowest BCUT2D eigenvalue weighted by atomic mass is 10.0. The molecular weight excluding hydrogens is 352 g/mol. The Bertz CT molecular complexity index is 940. The molecule has 1 N–H and O–H groups in total. The Morgan fingerprint density at radius 3 is 2.71 bits per heavy atom. The van der Waals surface area contributed by atoms with Crippen molar-refractivity contribution in [3.63, 3.8) is 0 Å². The SMILES string of the molecule is O=C(NCCCN1CCOCC1)c1ccc2cncc(-c3ccccc3)c2n1. The highest BCUT2D eigenvalue weighted by molar-refractivity contribution is 5.98. The van der Waals surface area contributed by atoms with E-state index in [-0.39, 0.29) is 5.91 Å². The molecule has 0 atom stereocenters. The molecule has 6 heteroatoms. The summed E-state index contributed by atoms with van der Waals surface area (Å²) in [6, 6.07) is 13.7. The number of ether oxygens (including phenoxy) is 1. The molecule has 0 spiro atoms. The lowest BCUT2D eigenvalue weighted by Gasteiger charge is -2.26. The monoisotopic (exact) mass is 376 g/mol. The minimum absolute atomic E-state index is 0.139. The van der Waals surface area contributed by atoms with Crippen molar-refractivity contribution in [1.82, 2.24) is 20.2 Å². The van der Waals surface area contributed by atoms with E-state index in [2.05, 4.69) is 20.2 Å². The summed E-state index contributed by atoms with van der Waals surface area (Å²) in [7, 11) is 0. The number of hydrogen-bond acceptors (Lipinski definition) is 5. The van der Waals surface area contributed by atoms with Gasteiger partial charge in [0, 0.05) is 43.0 Å². The first-order chi connectivity index (χ1) is 13.8. The Balaban J connectivity index is 1.44. The molecule has 3 aromatic rings. The molecule has 4 rings (SSSR count). The van der Waals surface area contributed by atoms with E-state index in [1.54, 1.807) is 18.5 Å². The van der Waals surface area contributed by atoms with Crippen LogP contribution >= 0.6 is 0 Å². The molecule has 0 bridgehead atoms. The van der Waals surface area contributed by atoms with Gasteiger partial charge in [0.25, 0.3) is 5.91 Å². The van der Waals surface area contributed by atoms with Gasteiger partial charge in [-0.05, 0) is 30.7 Å². The van der Waals surface area contributed by atoms with Crippen LogP contribution in [0.15, 0.2) is 54.9 Å². The van der Waals surface area contributed by atoms with E-state index < -0.39 is 0 Å². The van der Waals surface area contributed by atoms with Gasteiger partial charge in [-0.1, -0.05) is 30.3 Å². The number of carbonyl (C=O) groups is 1. The molecule has 3 heterocycles. The van der Waals surface area contributed by atoms with E-state index in [0.29, 0.717) is 12.2 Å². The fraction of sp³-hybridized carbons (Fsp3) is 0.318. The summed E-state index contributed by atoms with van der Waals surface area (Å²) >= 11 is 0. The number of nitrogens with zero attached hydrogens (tertiary/aromatic N) is 3. The minimum atomic E-state index is -0.139. The van der Waals surface area contributed by atoms with Gasteiger partial charge < -0.3 is 10.1 Å². The smallest absolute Gasteiger partial charge is 0.269 e. The molecule has 1 saturated heterocycles. The standard InChI is InChI=1S/C22H24N4O2/c27-22(24-9-4-10-26-11-13-28-14-12-26)20-8-7-18-15-23-16-19(21(18)25-20)17-5-2-1-3-6-17/h1-3,5-8,15-16H,4,9-14H2,(H,24,27). The maximum absolute atomic E-state index is 12.6. The largest absolute Gasteiger partial charge is 0.379 e. The van der Waals surface area contributed by atoms with Crippen LogP contribution in [0.25, 0.3) is 22.0 Å². The van der Waals surface area contributed by atoms with E-state index in [1.165, 1.54) is 0 Å². The number of carbonyl (C=O) groups excluding carboxylic acids is 1. The van der Waals surface area contributed by atoms with Crippen LogP contribution in [0.3, 0.4) is 0 Å². The molecule has 1 amide bonds. The average molecular weight is 376 g/mol. The van der Waals surface area contributed by atoms with E-state index in [1.807, 2.05) is 36.4 Å². The number of amides is 1. The fourth-order valence-electron chi connectivity index (χ4n) is 3.42. The first-order valence-electron chi connectivity index (χ1n) is 9.70. The molecule has 28 heavy (non-hydrogen) atoms. The van der Waals surface area contributed by atoms with Crippen molar-refractivity contribution in [3.8, 4) is 11.1 Å². The van der Waals surface area contributed by atoms with Crippen LogP contribution in [0.5, 0.6) is 0 Å². The van der Waals surface area contributed by atoms with Crippen molar-refractivity contribution in [2.24, 2.45) is 0 Å². The van der Waals surface area contributed by atoms with Gasteiger partial charge in [0.15, 0.2) is 0 Å². The maximum Gasteiger partial charge on any atom is 0.269 e. The summed E-state index contributed by atoms with van der Waals surface area (Å²) in [5.41, 5.74) is 3.20. The molecule has 1 aliphatic heterocycles. The summed E-state index contributed by atoms with van der Waals surface area (Å²) < 4.78 is 5.35. The van der Waals surface area contributed by atoms with Gasteiger partial charge >= 0.3 is 0 Å². The number of fused-ring (bicyclic) bond motifs is 1. The first kappa shape index (κ1) is 18.5. The summed E-state index contributed by atoms with van der Waals surface area (Å²) in [6.07, 6.45) is 4.49. The minimum Gasteiger partial charge on any atom is -0.379 e. The van der Waals surface area contributed by atoms with Gasteiger partial charge in [-0.25, -0.2) is 4.98 Å². The number of benzene rings is 1. The Kier molecular flexibility index (Phi) is 5.89. The number of hydrogen-bond donors (Lipinski definition) is 1. The van der Waals surface area contributed by atoms with Crippen LogP contribution < -0.4 is 5.32 Å². The van der Waals surface area contributed by atoms with Crippen LogP contribution in [-0.2, 0) is 4.74 Å². The zero-order chi connectivity index (χ0) is 19.2. The molecule has 1 fully saturated rings. The van der Waals surface area contributed by atoms with E-state index in [4.69, 9.17) is 4.74 Å². The number of aromatic nitrogens is 2. The van der Waals surface area contributed by atoms with Crippen LogP contribution in [0.1, 0.15) is 16.9 Å². The highest BCUT2D eigenvalue weighted by atomic mass is 16.5. The maximum atomic E-state index is 12.6. The Morgan fingerprint density at radius 2 is 1.89 bits per heavy atom. The van der Waals surface area contributed by atoms with Crippen LogP contribution in [0.2, 0.25) is 0 Å². The van der Waals surface area contributed by atoms with Crippen LogP contribution in [-0.4, -0.2) is 60.2 Å². The highest BCUT2D eigenvalue weighted by Gasteiger charge is 2.12. The lowest BCUT2D eigenvalue weighted by molar-refractivity contribution is 0.0374. The van der Waals surface area contributed by atoms with Gasteiger partial charge in [-0.15, -0.1) is 0 Å². The van der Waals surface area contributed by atoms with Crippen molar-refractivity contribution in [2.45, 2.75) is 6.42 Å². The number of pyridine rings is 2.